The van der Waals surface area contributed by atoms with Crippen molar-refractivity contribution >= 4 is 16.6 Å². The van der Waals surface area contributed by atoms with Gasteiger partial charge >= 0.3 is 0 Å². The van der Waals surface area contributed by atoms with Crippen LogP contribution in [0.4, 0.5) is 5.69 Å². The molecule has 2 heterocycles. The van der Waals surface area contributed by atoms with Crippen molar-refractivity contribution in [3.8, 4) is 0 Å². The zero-order chi connectivity index (χ0) is 9.54. The highest BCUT2D eigenvalue weighted by atomic mass is 14.9. The number of fused-ring (bicyclic) bond motifs is 3. The number of benzene rings is 1. The molecular weight excluding hydrogens is 172 g/mol. The van der Waals surface area contributed by atoms with E-state index < -0.39 is 0 Å². The van der Waals surface area contributed by atoms with Crippen LogP contribution in [0.15, 0.2) is 24.4 Å². The molecule has 0 spiro atoms. The molecule has 1 aliphatic rings. The molecular formula is C12H14N2. The van der Waals surface area contributed by atoms with Crippen molar-refractivity contribution in [2.75, 3.05) is 11.9 Å². The van der Waals surface area contributed by atoms with Gasteiger partial charge in [-0.25, -0.2) is 0 Å². The second-order valence-electron chi connectivity index (χ2n) is 3.98. The number of aryl methyl sites for hydroxylation is 2. The molecule has 0 unspecified atom stereocenters. The Morgan fingerprint density at radius 1 is 1.29 bits per heavy atom. The van der Waals surface area contributed by atoms with Gasteiger partial charge in [0.1, 0.15) is 0 Å². The van der Waals surface area contributed by atoms with Crippen LogP contribution in [-0.4, -0.2) is 11.1 Å². The molecule has 72 valence electrons. The molecule has 0 radical (unpaired) electrons. The summed E-state index contributed by atoms with van der Waals surface area (Å²) in [5.74, 6) is 0. The van der Waals surface area contributed by atoms with Gasteiger partial charge in [0, 0.05) is 36.4 Å². The standard InChI is InChI=1S/C12H14N2/c1-14-8-6-10-9-3-2-7-13-11(9)4-5-12(10)14/h4-6,8,13H,2-3,7H2,1H3. The molecule has 14 heavy (non-hydrogen) atoms. The summed E-state index contributed by atoms with van der Waals surface area (Å²) >= 11 is 0. The van der Waals surface area contributed by atoms with Crippen molar-refractivity contribution in [2.24, 2.45) is 7.05 Å². The first-order chi connectivity index (χ1) is 6.86. The molecule has 0 fully saturated rings. The number of nitrogens with one attached hydrogen (secondary N) is 1. The van der Waals surface area contributed by atoms with E-state index in [0.717, 1.165) is 6.54 Å². The number of nitrogens with zero attached hydrogens (tertiary/aromatic N) is 1. The molecule has 3 rings (SSSR count). The highest BCUT2D eigenvalue weighted by molar-refractivity contribution is 5.88. The Morgan fingerprint density at radius 2 is 2.21 bits per heavy atom. The summed E-state index contributed by atoms with van der Waals surface area (Å²) in [7, 11) is 2.10. The first-order valence-corrected chi connectivity index (χ1v) is 5.17. The summed E-state index contributed by atoms with van der Waals surface area (Å²) in [4.78, 5) is 0. The lowest BCUT2D eigenvalue weighted by molar-refractivity contribution is 0.836. The van der Waals surface area contributed by atoms with E-state index in [9.17, 15) is 0 Å². The van der Waals surface area contributed by atoms with Crippen LogP contribution in [0.2, 0.25) is 0 Å². The van der Waals surface area contributed by atoms with Crippen molar-refractivity contribution in [3.63, 3.8) is 0 Å². The maximum absolute atomic E-state index is 3.45. The summed E-state index contributed by atoms with van der Waals surface area (Å²) in [5.41, 5.74) is 4.16. The van der Waals surface area contributed by atoms with Crippen molar-refractivity contribution < 1.29 is 0 Å². The van der Waals surface area contributed by atoms with Gasteiger partial charge in [-0.3, -0.25) is 0 Å². The molecule has 2 heteroatoms. The molecule has 1 aromatic heterocycles. The molecule has 2 aromatic rings. The van der Waals surface area contributed by atoms with Gasteiger partial charge in [-0.05, 0) is 36.6 Å². The Kier molecular flexibility index (Phi) is 1.57. The minimum atomic E-state index is 1.12. The zero-order valence-electron chi connectivity index (χ0n) is 8.38. The number of hydrogen-bond donors (Lipinski definition) is 1. The molecule has 0 saturated heterocycles. The van der Waals surface area contributed by atoms with E-state index in [0.29, 0.717) is 0 Å². The molecule has 1 N–H and O–H groups in total. The molecule has 0 atom stereocenters. The predicted octanol–water partition coefficient (Wildman–Crippen LogP) is 2.54. The van der Waals surface area contributed by atoms with Crippen molar-refractivity contribution in [1.29, 1.82) is 0 Å². The Labute approximate surface area is 83.5 Å². The Morgan fingerprint density at radius 3 is 3.14 bits per heavy atom. The Balaban J connectivity index is 2.35. The second kappa shape index (κ2) is 2.77. The van der Waals surface area contributed by atoms with Gasteiger partial charge in [0.2, 0.25) is 0 Å². The summed E-state index contributed by atoms with van der Waals surface area (Å²) in [6, 6.07) is 6.63. The fourth-order valence-corrected chi connectivity index (χ4v) is 2.34. The van der Waals surface area contributed by atoms with Crippen LogP contribution in [0, 0.1) is 0 Å². The Bertz CT molecular complexity index is 482. The normalized spacial score (nSPS) is 15.2. The van der Waals surface area contributed by atoms with E-state index in [4.69, 9.17) is 0 Å². The van der Waals surface area contributed by atoms with Crippen LogP contribution in [-0.2, 0) is 13.5 Å². The highest BCUT2D eigenvalue weighted by Crippen LogP contribution is 2.30. The van der Waals surface area contributed by atoms with E-state index in [1.165, 1.54) is 35.0 Å². The van der Waals surface area contributed by atoms with E-state index in [1.54, 1.807) is 0 Å². The Hall–Kier alpha value is -1.44. The average Bonchev–Trinajstić information content (AvgIpc) is 2.61. The van der Waals surface area contributed by atoms with Crippen LogP contribution < -0.4 is 5.32 Å². The van der Waals surface area contributed by atoms with Gasteiger partial charge in [0.25, 0.3) is 0 Å². The van der Waals surface area contributed by atoms with Gasteiger partial charge in [-0.1, -0.05) is 0 Å². The highest BCUT2D eigenvalue weighted by Gasteiger charge is 2.12. The monoisotopic (exact) mass is 186 g/mol. The van der Waals surface area contributed by atoms with Gasteiger partial charge < -0.3 is 9.88 Å². The number of aromatic nitrogens is 1. The first-order valence-electron chi connectivity index (χ1n) is 5.17. The molecule has 2 nitrogen and oxygen atoms in total. The summed E-state index contributed by atoms with van der Waals surface area (Å²) in [6.07, 6.45) is 4.60. The second-order valence-corrected chi connectivity index (χ2v) is 3.98. The van der Waals surface area contributed by atoms with Crippen molar-refractivity contribution in [2.45, 2.75) is 12.8 Å². The largest absolute Gasteiger partial charge is 0.385 e. The molecule has 1 aromatic carbocycles. The van der Waals surface area contributed by atoms with Gasteiger partial charge in [-0.15, -0.1) is 0 Å². The van der Waals surface area contributed by atoms with E-state index in [2.05, 4.69) is 41.3 Å². The fraction of sp³-hybridized carbons (Fsp3) is 0.333. The minimum absolute atomic E-state index is 1.12. The third-order valence-corrected chi connectivity index (χ3v) is 3.10. The summed E-state index contributed by atoms with van der Waals surface area (Å²) < 4.78 is 2.18. The predicted molar refractivity (Wildman–Crippen MR) is 59.7 cm³/mol. The quantitative estimate of drug-likeness (QED) is 0.669. The first kappa shape index (κ1) is 7.92. The third kappa shape index (κ3) is 0.969. The van der Waals surface area contributed by atoms with Crippen LogP contribution in [0.25, 0.3) is 10.9 Å². The van der Waals surface area contributed by atoms with Crippen LogP contribution in [0.5, 0.6) is 0 Å². The maximum atomic E-state index is 3.45. The molecule has 0 saturated carbocycles. The van der Waals surface area contributed by atoms with Gasteiger partial charge in [0.15, 0.2) is 0 Å². The lowest BCUT2D eigenvalue weighted by Crippen LogP contribution is -2.11. The van der Waals surface area contributed by atoms with Crippen LogP contribution in [0.3, 0.4) is 0 Å². The van der Waals surface area contributed by atoms with Gasteiger partial charge in [-0.2, -0.15) is 0 Å². The molecule has 0 aliphatic carbocycles. The number of anilines is 1. The molecule has 0 bridgehead atoms. The average molecular weight is 186 g/mol. The van der Waals surface area contributed by atoms with Crippen molar-refractivity contribution in [3.05, 3.63) is 30.0 Å². The summed E-state index contributed by atoms with van der Waals surface area (Å²) in [5, 5.41) is 4.87. The van der Waals surface area contributed by atoms with E-state index >= 15 is 0 Å². The summed E-state index contributed by atoms with van der Waals surface area (Å²) in [6.45, 7) is 1.12. The lowest BCUT2D eigenvalue weighted by Gasteiger charge is -2.18. The topological polar surface area (TPSA) is 17.0 Å². The van der Waals surface area contributed by atoms with E-state index in [1.807, 2.05) is 0 Å². The van der Waals surface area contributed by atoms with Gasteiger partial charge in [0.05, 0.1) is 0 Å². The number of rotatable bonds is 0. The van der Waals surface area contributed by atoms with Crippen LogP contribution in [0.1, 0.15) is 12.0 Å². The van der Waals surface area contributed by atoms with E-state index in [-0.39, 0.29) is 0 Å². The zero-order valence-corrected chi connectivity index (χ0v) is 8.38. The third-order valence-electron chi connectivity index (χ3n) is 3.10. The van der Waals surface area contributed by atoms with Crippen LogP contribution >= 0.6 is 0 Å². The van der Waals surface area contributed by atoms with Crippen molar-refractivity contribution in [1.82, 2.24) is 4.57 Å². The molecule has 0 amide bonds. The molecule has 1 aliphatic heterocycles. The number of hydrogen-bond acceptors (Lipinski definition) is 1. The SMILES string of the molecule is Cn1ccc2c3c(ccc21)NCCC3. The maximum Gasteiger partial charge on any atom is 0.0481 e. The fourth-order valence-electron chi connectivity index (χ4n) is 2.34. The smallest absolute Gasteiger partial charge is 0.0481 e. The lowest BCUT2D eigenvalue weighted by atomic mass is 10.00. The minimum Gasteiger partial charge on any atom is -0.385 e.